The van der Waals surface area contributed by atoms with Gasteiger partial charge in [-0.05, 0) is 36.6 Å². The van der Waals surface area contributed by atoms with Crippen molar-refractivity contribution in [1.82, 2.24) is 0 Å². The van der Waals surface area contributed by atoms with Gasteiger partial charge in [-0.25, -0.2) is 0 Å². The Kier molecular flexibility index (Phi) is 7.95. The molecule has 1 N–H and O–H groups in total. The van der Waals surface area contributed by atoms with Crippen molar-refractivity contribution in [3.8, 4) is 11.5 Å². The van der Waals surface area contributed by atoms with Gasteiger partial charge >= 0.3 is 0 Å². The normalized spacial score (nSPS) is 11.3. The topological polar surface area (TPSA) is 46.5 Å². The van der Waals surface area contributed by atoms with Crippen molar-refractivity contribution in [2.45, 2.75) is 39.5 Å². The first kappa shape index (κ1) is 17.0. The van der Waals surface area contributed by atoms with E-state index in [0.717, 1.165) is 24.8 Å². The summed E-state index contributed by atoms with van der Waals surface area (Å²) in [7, 11) is 0. The summed E-state index contributed by atoms with van der Waals surface area (Å²) in [5, 5.41) is 9.83. The van der Waals surface area contributed by atoms with E-state index in [1.54, 1.807) is 30.4 Å². The van der Waals surface area contributed by atoms with Crippen LogP contribution in [0.4, 0.5) is 0 Å². The molecular formula is C18H24O3. The molecule has 0 aliphatic heterocycles. The molecule has 1 aromatic rings. The van der Waals surface area contributed by atoms with Crippen LogP contribution in [0.2, 0.25) is 0 Å². The summed E-state index contributed by atoms with van der Waals surface area (Å²) < 4.78 is 5.40. The molecule has 1 aromatic carbocycles. The van der Waals surface area contributed by atoms with Crippen molar-refractivity contribution in [3.05, 3.63) is 42.0 Å². The molecule has 0 fully saturated rings. The quantitative estimate of drug-likeness (QED) is 0.537. The molecule has 0 unspecified atom stereocenters. The number of phenolic OH excluding ortho intramolecular Hbond substituents is 1. The van der Waals surface area contributed by atoms with Crippen LogP contribution in [-0.4, -0.2) is 17.5 Å². The minimum atomic E-state index is 0.133. The van der Waals surface area contributed by atoms with Gasteiger partial charge in [0.05, 0.1) is 6.61 Å². The van der Waals surface area contributed by atoms with E-state index >= 15 is 0 Å². The lowest BCUT2D eigenvalue weighted by atomic mass is 10.1. The van der Waals surface area contributed by atoms with E-state index in [1.807, 2.05) is 19.1 Å². The summed E-state index contributed by atoms with van der Waals surface area (Å²) in [4.78, 5) is 11.4. The molecule has 0 saturated carbocycles. The van der Waals surface area contributed by atoms with Crippen molar-refractivity contribution < 1.29 is 14.6 Å². The van der Waals surface area contributed by atoms with Crippen LogP contribution in [0.3, 0.4) is 0 Å². The zero-order chi connectivity index (χ0) is 15.5. The summed E-state index contributed by atoms with van der Waals surface area (Å²) in [5.74, 6) is 0.778. The summed E-state index contributed by atoms with van der Waals surface area (Å²) in [6.07, 6.45) is 10.4. The lowest BCUT2D eigenvalue weighted by Gasteiger charge is -2.06. The lowest BCUT2D eigenvalue weighted by Crippen LogP contribution is -1.95. The SMILES string of the molecule is CCCCC(=O)C=CC=Cc1ccc(OCCC)c(O)c1. The number of benzene rings is 1. The van der Waals surface area contributed by atoms with Crippen LogP contribution >= 0.6 is 0 Å². The van der Waals surface area contributed by atoms with E-state index in [4.69, 9.17) is 4.74 Å². The Morgan fingerprint density at radius 1 is 1.24 bits per heavy atom. The summed E-state index contributed by atoms with van der Waals surface area (Å²) in [6, 6.07) is 5.27. The second kappa shape index (κ2) is 9.81. The Bertz CT molecular complexity index is 501. The van der Waals surface area contributed by atoms with Crippen molar-refractivity contribution in [2.24, 2.45) is 0 Å². The third-order valence-electron chi connectivity index (χ3n) is 2.90. The smallest absolute Gasteiger partial charge is 0.160 e. The van der Waals surface area contributed by atoms with Crippen LogP contribution < -0.4 is 4.74 Å². The van der Waals surface area contributed by atoms with E-state index in [-0.39, 0.29) is 11.5 Å². The minimum Gasteiger partial charge on any atom is -0.504 e. The highest BCUT2D eigenvalue weighted by molar-refractivity contribution is 5.89. The highest BCUT2D eigenvalue weighted by Crippen LogP contribution is 2.27. The lowest BCUT2D eigenvalue weighted by molar-refractivity contribution is -0.114. The molecule has 0 radical (unpaired) electrons. The van der Waals surface area contributed by atoms with Gasteiger partial charge in [-0.15, -0.1) is 0 Å². The van der Waals surface area contributed by atoms with E-state index in [9.17, 15) is 9.90 Å². The molecule has 21 heavy (non-hydrogen) atoms. The van der Waals surface area contributed by atoms with Gasteiger partial charge in [-0.2, -0.15) is 0 Å². The molecule has 0 aliphatic rings. The van der Waals surface area contributed by atoms with E-state index < -0.39 is 0 Å². The number of ketones is 1. The molecule has 0 spiro atoms. The van der Waals surface area contributed by atoms with Crippen molar-refractivity contribution in [1.29, 1.82) is 0 Å². The maximum Gasteiger partial charge on any atom is 0.160 e. The van der Waals surface area contributed by atoms with Crippen LogP contribution in [0.15, 0.2) is 36.4 Å². The fourth-order valence-electron chi connectivity index (χ4n) is 1.74. The first-order valence-electron chi connectivity index (χ1n) is 7.50. The fourth-order valence-corrected chi connectivity index (χ4v) is 1.74. The number of hydrogen-bond donors (Lipinski definition) is 1. The van der Waals surface area contributed by atoms with Crippen molar-refractivity contribution in [2.75, 3.05) is 6.61 Å². The predicted octanol–water partition coefficient (Wildman–Crippen LogP) is 4.51. The third kappa shape index (κ3) is 6.80. The van der Waals surface area contributed by atoms with Crippen molar-refractivity contribution in [3.63, 3.8) is 0 Å². The zero-order valence-electron chi connectivity index (χ0n) is 12.8. The highest BCUT2D eigenvalue weighted by Gasteiger charge is 2.01. The second-order valence-corrected chi connectivity index (χ2v) is 4.86. The van der Waals surface area contributed by atoms with E-state index in [2.05, 4.69) is 6.92 Å². The van der Waals surface area contributed by atoms with Gasteiger partial charge in [0.25, 0.3) is 0 Å². The van der Waals surface area contributed by atoms with Crippen LogP contribution in [-0.2, 0) is 4.79 Å². The Labute approximate surface area is 127 Å². The number of aromatic hydroxyl groups is 1. The number of hydrogen-bond acceptors (Lipinski definition) is 3. The number of phenols is 1. The molecule has 3 heteroatoms. The summed E-state index contributed by atoms with van der Waals surface area (Å²) >= 11 is 0. The molecule has 0 bridgehead atoms. The van der Waals surface area contributed by atoms with E-state index in [0.29, 0.717) is 18.8 Å². The molecule has 1 rings (SSSR count). The molecule has 0 aromatic heterocycles. The van der Waals surface area contributed by atoms with Gasteiger partial charge in [0.2, 0.25) is 0 Å². The Hall–Kier alpha value is -2.03. The third-order valence-corrected chi connectivity index (χ3v) is 2.90. The van der Waals surface area contributed by atoms with Crippen LogP contribution in [0.25, 0.3) is 6.08 Å². The number of unbranched alkanes of at least 4 members (excludes halogenated alkanes) is 1. The maximum absolute atomic E-state index is 11.4. The van der Waals surface area contributed by atoms with Crippen LogP contribution in [0, 0.1) is 0 Å². The average Bonchev–Trinajstić information content (AvgIpc) is 2.48. The Morgan fingerprint density at radius 3 is 2.71 bits per heavy atom. The molecule has 0 saturated heterocycles. The predicted molar refractivity (Wildman–Crippen MR) is 86.6 cm³/mol. The molecule has 114 valence electrons. The molecule has 0 amide bonds. The van der Waals surface area contributed by atoms with Gasteiger partial charge in [-0.3, -0.25) is 4.79 Å². The minimum absolute atomic E-state index is 0.133. The number of ether oxygens (including phenoxy) is 1. The molecular weight excluding hydrogens is 264 g/mol. The summed E-state index contributed by atoms with van der Waals surface area (Å²) in [5.41, 5.74) is 0.863. The van der Waals surface area contributed by atoms with Gasteiger partial charge < -0.3 is 9.84 Å². The molecule has 0 aliphatic carbocycles. The van der Waals surface area contributed by atoms with Gasteiger partial charge in [0.15, 0.2) is 17.3 Å². The Morgan fingerprint density at radius 2 is 2.05 bits per heavy atom. The molecule has 3 nitrogen and oxygen atoms in total. The molecule has 0 heterocycles. The largest absolute Gasteiger partial charge is 0.504 e. The van der Waals surface area contributed by atoms with Gasteiger partial charge in [0, 0.05) is 6.42 Å². The zero-order valence-corrected chi connectivity index (χ0v) is 12.8. The number of rotatable bonds is 9. The van der Waals surface area contributed by atoms with Gasteiger partial charge in [0.1, 0.15) is 0 Å². The van der Waals surface area contributed by atoms with Crippen LogP contribution in [0.1, 0.15) is 45.1 Å². The summed E-state index contributed by atoms with van der Waals surface area (Å²) in [6.45, 7) is 4.67. The monoisotopic (exact) mass is 288 g/mol. The number of allylic oxidation sites excluding steroid dienone is 3. The Balaban J connectivity index is 2.54. The highest BCUT2D eigenvalue weighted by atomic mass is 16.5. The number of carbonyl (C=O) groups is 1. The fraction of sp³-hybridized carbons (Fsp3) is 0.389. The average molecular weight is 288 g/mol. The van der Waals surface area contributed by atoms with Gasteiger partial charge in [-0.1, -0.05) is 44.6 Å². The standard InChI is InChI=1S/C18H24O3/c1-3-5-9-16(19)10-7-6-8-15-11-12-18(17(20)14-15)21-13-4-2/h6-8,10-12,14,20H,3-5,9,13H2,1-2H3. The number of carbonyl (C=O) groups excluding carboxylic acids is 1. The second-order valence-electron chi connectivity index (χ2n) is 4.86. The first-order valence-corrected chi connectivity index (χ1v) is 7.50. The van der Waals surface area contributed by atoms with Crippen molar-refractivity contribution >= 4 is 11.9 Å². The van der Waals surface area contributed by atoms with E-state index in [1.165, 1.54) is 0 Å². The van der Waals surface area contributed by atoms with Crippen LogP contribution in [0.5, 0.6) is 11.5 Å². The maximum atomic E-state index is 11.4. The first-order chi connectivity index (χ1) is 10.2. The molecule has 0 atom stereocenters.